The lowest BCUT2D eigenvalue weighted by Crippen LogP contribution is -2.35. The number of methoxy groups -OCH3 is 1. The van der Waals surface area contributed by atoms with Crippen LogP contribution in [0, 0.1) is 0 Å². The summed E-state index contributed by atoms with van der Waals surface area (Å²) in [5.41, 5.74) is 3.85. The Morgan fingerprint density at radius 1 is 0.900 bits per heavy atom. The van der Waals surface area contributed by atoms with E-state index >= 15 is 0 Å². The predicted octanol–water partition coefficient (Wildman–Crippen LogP) is 4.93. The molecule has 0 radical (unpaired) electrons. The summed E-state index contributed by atoms with van der Waals surface area (Å²) in [7, 11) is 1.58. The SMILES string of the molecule is COc1cccc(NC(=O)Nc2ccc3c(c2)N(C(=O)c2ccccc2)CCC3)c1. The summed E-state index contributed by atoms with van der Waals surface area (Å²) in [4.78, 5) is 27.2. The number of urea groups is 1. The average molecular weight is 401 g/mol. The van der Waals surface area contributed by atoms with E-state index in [9.17, 15) is 9.59 Å². The Balaban J connectivity index is 1.52. The van der Waals surface area contributed by atoms with Gasteiger partial charge in [-0.1, -0.05) is 30.3 Å². The van der Waals surface area contributed by atoms with E-state index in [4.69, 9.17) is 4.74 Å². The summed E-state index contributed by atoms with van der Waals surface area (Å²) in [5.74, 6) is 0.631. The first kappa shape index (κ1) is 19.5. The van der Waals surface area contributed by atoms with Crippen molar-refractivity contribution >= 4 is 29.0 Å². The molecule has 0 unspecified atom stereocenters. The van der Waals surface area contributed by atoms with E-state index < -0.39 is 0 Å². The monoisotopic (exact) mass is 401 g/mol. The number of benzene rings is 3. The third kappa shape index (κ3) is 4.27. The molecule has 1 heterocycles. The lowest BCUT2D eigenvalue weighted by atomic mass is 10.00. The normalized spacial score (nSPS) is 12.6. The van der Waals surface area contributed by atoms with Gasteiger partial charge in [0.05, 0.1) is 7.11 Å². The van der Waals surface area contributed by atoms with Crippen molar-refractivity contribution in [1.29, 1.82) is 0 Å². The lowest BCUT2D eigenvalue weighted by molar-refractivity contribution is 0.0985. The van der Waals surface area contributed by atoms with Gasteiger partial charge in [-0.15, -0.1) is 0 Å². The number of ether oxygens (including phenoxy) is 1. The maximum atomic E-state index is 13.0. The van der Waals surface area contributed by atoms with Gasteiger partial charge in [-0.3, -0.25) is 4.79 Å². The molecule has 3 amide bonds. The third-order valence-corrected chi connectivity index (χ3v) is 5.06. The van der Waals surface area contributed by atoms with Gasteiger partial charge in [-0.2, -0.15) is 0 Å². The molecule has 4 rings (SSSR count). The van der Waals surface area contributed by atoms with Crippen LogP contribution in [-0.4, -0.2) is 25.6 Å². The number of carbonyl (C=O) groups excluding carboxylic acids is 2. The van der Waals surface area contributed by atoms with Gasteiger partial charge in [0.1, 0.15) is 5.75 Å². The first-order valence-electron chi connectivity index (χ1n) is 9.86. The highest BCUT2D eigenvalue weighted by Gasteiger charge is 2.24. The van der Waals surface area contributed by atoms with Crippen molar-refractivity contribution in [2.75, 3.05) is 29.2 Å². The molecular formula is C24H23N3O3. The van der Waals surface area contributed by atoms with Gasteiger partial charge >= 0.3 is 6.03 Å². The Hall–Kier alpha value is -3.80. The predicted molar refractivity (Wildman–Crippen MR) is 119 cm³/mol. The zero-order chi connectivity index (χ0) is 20.9. The van der Waals surface area contributed by atoms with E-state index in [-0.39, 0.29) is 11.9 Å². The van der Waals surface area contributed by atoms with Crippen molar-refractivity contribution in [1.82, 2.24) is 0 Å². The van der Waals surface area contributed by atoms with Gasteiger partial charge in [0.2, 0.25) is 0 Å². The number of hydrogen-bond donors (Lipinski definition) is 2. The van der Waals surface area contributed by atoms with Crippen LogP contribution in [0.1, 0.15) is 22.3 Å². The largest absolute Gasteiger partial charge is 0.497 e. The molecule has 0 aromatic heterocycles. The Bertz CT molecular complexity index is 1070. The maximum absolute atomic E-state index is 13.0. The molecule has 0 spiro atoms. The number of nitrogens with one attached hydrogen (secondary N) is 2. The molecule has 0 fully saturated rings. The summed E-state index contributed by atoms with van der Waals surface area (Å²) >= 11 is 0. The van der Waals surface area contributed by atoms with Crippen LogP contribution in [0.15, 0.2) is 72.8 Å². The van der Waals surface area contributed by atoms with Crippen LogP contribution >= 0.6 is 0 Å². The molecule has 1 aliphatic rings. The molecule has 6 nitrogen and oxygen atoms in total. The summed E-state index contributed by atoms with van der Waals surface area (Å²) in [6.07, 6.45) is 1.82. The number of aryl methyl sites for hydroxylation is 1. The molecule has 0 saturated carbocycles. The summed E-state index contributed by atoms with van der Waals surface area (Å²) < 4.78 is 5.18. The highest BCUT2D eigenvalue weighted by Crippen LogP contribution is 2.31. The fourth-order valence-electron chi connectivity index (χ4n) is 3.59. The second kappa shape index (κ2) is 8.69. The zero-order valence-corrected chi connectivity index (χ0v) is 16.7. The van der Waals surface area contributed by atoms with Gasteiger partial charge in [0.25, 0.3) is 5.91 Å². The quantitative estimate of drug-likeness (QED) is 0.651. The molecule has 3 aromatic carbocycles. The van der Waals surface area contributed by atoms with Crippen molar-refractivity contribution < 1.29 is 14.3 Å². The van der Waals surface area contributed by atoms with Gasteiger partial charge in [0.15, 0.2) is 0 Å². The van der Waals surface area contributed by atoms with E-state index in [0.29, 0.717) is 29.2 Å². The van der Waals surface area contributed by atoms with Crippen LogP contribution in [0.5, 0.6) is 5.75 Å². The van der Waals surface area contributed by atoms with Gasteiger partial charge in [0, 0.05) is 35.2 Å². The van der Waals surface area contributed by atoms with E-state index in [0.717, 1.165) is 24.1 Å². The summed E-state index contributed by atoms with van der Waals surface area (Å²) in [5, 5.41) is 5.64. The second-order valence-corrected chi connectivity index (χ2v) is 7.08. The number of amides is 3. The minimum Gasteiger partial charge on any atom is -0.497 e. The van der Waals surface area contributed by atoms with E-state index in [1.165, 1.54) is 0 Å². The van der Waals surface area contributed by atoms with Crippen molar-refractivity contribution in [2.45, 2.75) is 12.8 Å². The number of nitrogens with zero attached hydrogens (tertiary/aromatic N) is 1. The van der Waals surface area contributed by atoms with Crippen LogP contribution in [0.2, 0.25) is 0 Å². The first-order chi connectivity index (χ1) is 14.6. The molecule has 2 N–H and O–H groups in total. The molecular weight excluding hydrogens is 378 g/mol. The van der Waals surface area contributed by atoms with Crippen LogP contribution in [0.3, 0.4) is 0 Å². The summed E-state index contributed by atoms with van der Waals surface area (Å²) in [6.45, 7) is 0.653. The molecule has 6 heteroatoms. The summed E-state index contributed by atoms with van der Waals surface area (Å²) in [6, 6.07) is 21.7. The number of hydrogen-bond acceptors (Lipinski definition) is 3. The fourth-order valence-corrected chi connectivity index (χ4v) is 3.59. The third-order valence-electron chi connectivity index (χ3n) is 5.06. The molecule has 0 aliphatic carbocycles. The number of fused-ring (bicyclic) bond motifs is 1. The number of anilines is 3. The minimum absolute atomic E-state index is 0.0328. The molecule has 30 heavy (non-hydrogen) atoms. The molecule has 0 atom stereocenters. The standard InChI is InChI=1S/C24H23N3O3/c1-30-21-11-5-10-19(15-21)25-24(29)26-20-13-12-17-9-6-14-27(22(17)16-20)23(28)18-7-3-2-4-8-18/h2-5,7-8,10-13,15-16H,6,9,14H2,1H3,(H2,25,26,29). The van der Waals surface area contributed by atoms with E-state index in [1.54, 1.807) is 30.2 Å². The molecule has 0 saturated heterocycles. The highest BCUT2D eigenvalue weighted by atomic mass is 16.5. The van der Waals surface area contributed by atoms with Crippen LogP contribution in [0.25, 0.3) is 0 Å². The van der Waals surface area contributed by atoms with Crippen molar-refractivity contribution in [2.24, 2.45) is 0 Å². The number of rotatable bonds is 4. The van der Waals surface area contributed by atoms with Crippen molar-refractivity contribution in [3.05, 3.63) is 83.9 Å². The van der Waals surface area contributed by atoms with E-state index in [2.05, 4.69) is 10.6 Å². The Morgan fingerprint density at radius 3 is 2.43 bits per heavy atom. The molecule has 152 valence electrons. The van der Waals surface area contributed by atoms with Gasteiger partial charge in [-0.05, 0) is 54.8 Å². The first-order valence-corrected chi connectivity index (χ1v) is 9.86. The minimum atomic E-state index is -0.361. The number of carbonyl (C=O) groups is 2. The average Bonchev–Trinajstić information content (AvgIpc) is 2.79. The highest BCUT2D eigenvalue weighted by molar-refractivity contribution is 6.07. The lowest BCUT2D eigenvalue weighted by Gasteiger charge is -2.30. The topological polar surface area (TPSA) is 70.7 Å². The van der Waals surface area contributed by atoms with Gasteiger partial charge < -0.3 is 20.3 Å². The van der Waals surface area contributed by atoms with Crippen LogP contribution in [-0.2, 0) is 6.42 Å². The second-order valence-electron chi connectivity index (χ2n) is 7.08. The zero-order valence-electron chi connectivity index (χ0n) is 16.7. The van der Waals surface area contributed by atoms with Crippen LogP contribution in [0.4, 0.5) is 21.9 Å². The molecule has 3 aromatic rings. The molecule has 1 aliphatic heterocycles. The van der Waals surface area contributed by atoms with Crippen molar-refractivity contribution in [3.63, 3.8) is 0 Å². The maximum Gasteiger partial charge on any atom is 0.323 e. The Morgan fingerprint density at radius 2 is 1.67 bits per heavy atom. The molecule has 0 bridgehead atoms. The Kier molecular flexibility index (Phi) is 5.66. The van der Waals surface area contributed by atoms with E-state index in [1.807, 2.05) is 54.6 Å². The smallest absolute Gasteiger partial charge is 0.323 e. The Labute approximate surface area is 175 Å². The van der Waals surface area contributed by atoms with Crippen LogP contribution < -0.4 is 20.3 Å². The fraction of sp³-hybridized carbons (Fsp3) is 0.167. The van der Waals surface area contributed by atoms with Crippen molar-refractivity contribution in [3.8, 4) is 5.75 Å². The van der Waals surface area contributed by atoms with Gasteiger partial charge in [-0.25, -0.2) is 4.79 Å².